The number of carbonyl (C=O) groups excluding carboxylic acids is 2. The molecule has 2 heterocycles. The van der Waals surface area contributed by atoms with Gasteiger partial charge in [-0.05, 0) is 54.5 Å². The van der Waals surface area contributed by atoms with Gasteiger partial charge in [-0.2, -0.15) is 0 Å². The molecule has 1 saturated heterocycles. The maximum absolute atomic E-state index is 13.1. The highest BCUT2D eigenvalue weighted by atomic mass is 16.5. The number of nitrogens with zero attached hydrogens (tertiary/aromatic N) is 2. The number of amides is 2. The van der Waals surface area contributed by atoms with E-state index in [0.29, 0.717) is 18.7 Å². The quantitative estimate of drug-likeness (QED) is 0.668. The van der Waals surface area contributed by atoms with Gasteiger partial charge in [0.05, 0.1) is 6.04 Å². The van der Waals surface area contributed by atoms with E-state index in [-0.39, 0.29) is 23.8 Å². The maximum Gasteiger partial charge on any atom is 0.263 e. The normalized spacial score (nSPS) is 19.1. The van der Waals surface area contributed by atoms with Crippen molar-refractivity contribution in [3.63, 3.8) is 0 Å². The highest BCUT2D eigenvalue weighted by Gasteiger charge is 2.34. The number of fused-ring (bicyclic) bond motifs is 1. The Labute approximate surface area is 191 Å². The molecular formula is C27H34N2O3. The van der Waals surface area contributed by atoms with Crippen molar-refractivity contribution in [3.05, 3.63) is 65.2 Å². The van der Waals surface area contributed by atoms with Crippen molar-refractivity contribution in [1.82, 2.24) is 9.80 Å². The Hall–Kier alpha value is -2.82. The molecule has 2 aromatic rings. The molecule has 2 amide bonds. The molecule has 0 N–H and O–H groups in total. The van der Waals surface area contributed by atoms with Gasteiger partial charge in [-0.15, -0.1) is 0 Å². The smallest absolute Gasteiger partial charge is 0.263 e. The highest BCUT2D eigenvalue weighted by molar-refractivity contribution is 5.81. The van der Waals surface area contributed by atoms with E-state index in [2.05, 4.69) is 18.2 Å². The monoisotopic (exact) mass is 434 g/mol. The van der Waals surface area contributed by atoms with Crippen molar-refractivity contribution in [1.29, 1.82) is 0 Å². The van der Waals surface area contributed by atoms with E-state index in [1.165, 1.54) is 5.56 Å². The van der Waals surface area contributed by atoms with Gasteiger partial charge < -0.3 is 14.5 Å². The fourth-order valence-corrected chi connectivity index (χ4v) is 4.84. The average Bonchev–Trinajstić information content (AvgIpc) is 3.36. The number of rotatable bonds is 6. The van der Waals surface area contributed by atoms with Gasteiger partial charge in [0.2, 0.25) is 5.91 Å². The fourth-order valence-electron chi connectivity index (χ4n) is 4.84. The maximum atomic E-state index is 13.1. The second-order valence-electron chi connectivity index (χ2n) is 9.16. The van der Waals surface area contributed by atoms with E-state index in [9.17, 15) is 9.59 Å². The zero-order valence-electron chi connectivity index (χ0n) is 19.4. The Balaban J connectivity index is 1.66. The van der Waals surface area contributed by atoms with Crippen molar-refractivity contribution in [2.45, 2.75) is 58.6 Å². The van der Waals surface area contributed by atoms with E-state index >= 15 is 0 Å². The van der Waals surface area contributed by atoms with Crippen LogP contribution in [0.25, 0.3) is 0 Å². The van der Waals surface area contributed by atoms with Crippen LogP contribution in [0.4, 0.5) is 0 Å². The van der Waals surface area contributed by atoms with Gasteiger partial charge in [0.1, 0.15) is 5.75 Å². The van der Waals surface area contributed by atoms with Crippen LogP contribution in [0.1, 0.15) is 62.8 Å². The van der Waals surface area contributed by atoms with Gasteiger partial charge in [-0.25, -0.2) is 0 Å². The molecule has 0 aromatic heterocycles. The first kappa shape index (κ1) is 22.4. The van der Waals surface area contributed by atoms with Gasteiger partial charge in [0.25, 0.3) is 5.91 Å². The second kappa shape index (κ2) is 9.76. The Morgan fingerprint density at radius 1 is 1.00 bits per heavy atom. The molecule has 2 aliphatic rings. The minimum absolute atomic E-state index is 0.0650. The summed E-state index contributed by atoms with van der Waals surface area (Å²) in [6, 6.07) is 16.2. The summed E-state index contributed by atoms with van der Waals surface area (Å²) in [6.45, 7) is 8.25. The fraction of sp³-hybridized carbons (Fsp3) is 0.481. The SMILES string of the molecule is CCC(Oc1ccc2c(c1)C(c1ccccc1)N(C(=O)C(C)C)CC2)C(=O)N1CCCC1. The lowest BCUT2D eigenvalue weighted by molar-refractivity contribution is -0.137. The predicted molar refractivity (Wildman–Crippen MR) is 126 cm³/mol. The Morgan fingerprint density at radius 2 is 1.72 bits per heavy atom. The summed E-state index contributed by atoms with van der Waals surface area (Å²) < 4.78 is 6.24. The number of hydrogen-bond donors (Lipinski definition) is 0. The van der Waals surface area contributed by atoms with Gasteiger partial charge in [-0.1, -0.05) is 57.2 Å². The lowest BCUT2D eigenvalue weighted by atomic mass is 9.87. The van der Waals surface area contributed by atoms with Crippen molar-refractivity contribution < 1.29 is 14.3 Å². The summed E-state index contributed by atoms with van der Waals surface area (Å²) in [7, 11) is 0. The molecule has 5 heteroatoms. The van der Waals surface area contributed by atoms with Gasteiger partial charge in [0, 0.05) is 25.6 Å². The summed E-state index contributed by atoms with van der Waals surface area (Å²) in [5.41, 5.74) is 3.43. The molecule has 1 fully saturated rings. The van der Waals surface area contributed by atoms with Crippen LogP contribution in [0.15, 0.2) is 48.5 Å². The first-order chi connectivity index (χ1) is 15.5. The molecule has 0 bridgehead atoms. The van der Waals surface area contributed by atoms with Crippen LogP contribution < -0.4 is 4.74 Å². The largest absolute Gasteiger partial charge is 0.481 e. The van der Waals surface area contributed by atoms with Crippen molar-refractivity contribution in [3.8, 4) is 5.75 Å². The number of carbonyl (C=O) groups is 2. The first-order valence-electron chi connectivity index (χ1n) is 11.9. The number of benzene rings is 2. The Bertz CT molecular complexity index is 951. The van der Waals surface area contributed by atoms with Crippen LogP contribution in [-0.2, 0) is 16.0 Å². The van der Waals surface area contributed by atoms with E-state index in [0.717, 1.165) is 43.5 Å². The standard InChI is InChI=1S/C27H34N2O3/c1-4-24(27(31)28-15-8-9-16-28)32-22-13-12-20-14-17-29(26(30)19(2)3)25(23(20)18-22)21-10-6-5-7-11-21/h5-7,10-13,18-19,24-25H,4,8-9,14-17H2,1-3H3. The minimum Gasteiger partial charge on any atom is -0.481 e. The van der Waals surface area contributed by atoms with E-state index in [4.69, 9.17) is 4.74 Å². The van der Waals surface area contributed by atoms with Crippen LogP contribution in [0, 0.1) is 5.92 Å². The van der Waals surface area contributed by atoms with Crippen molar-refractivity contribution in [2.75, 3.05) is 19.6 Å². The topological polar surface area (TPSA) is 49.9 Å². The zero-order chi connectivity index (χ0) is 22.7. The first-order valence-corrected chi connectivity index (χ1v) is 11.9. The Kier molecular flexibility index (Phi) is 6.83. The summed E-state index contributed by atoms with van der Waals surface area (Å²) in [5.74, 6) is 0.873. The van der Waals surface area contributed by atoms with Crippen molar-refractivity contribution in [2.24, 2.45) is 5.92 Å². The number of likely N-dealkylation sites (tertiary alicyclic amines) is 1. The lowest BCUT2D eigenvalue weighted by Crippen LogP contribution is -2.42. The third-order valence-corrected chi connectivity index (χ3v) is 6.58. The molecule has 0 radical (unpaired) electrons. The number of hydrogen-bond acceptors (Lipinski definition) is 3. The predicted octanol–water partition coefficient (Wildman–Crippen LogP) is 4.60. The third-order valence-electron chi connectivity index (χ3n) is 6.58. The van der Waals surface area contributed by atoms with E-state index in [1.807, 2.05) is 60.9 Å². The molecule has 5 nitrogen and oxygen atoms in total. The number of ether oxygens (including phenoxy) is 1. The summed E-state index contributed by atoms with van der Waals surface area (Å²) >= 11 is 0. The molecule has 0 aliphatic carbocycles. The van der Waals surface area contributed by atoms with Crippen LogP contribution in [-0.4, -0.2) is 47.4 Å². The van der Waals surface area contributed by atoms with E-state index < -0.39 is 6.10 Å². The summed E-state index contributed by atoms with van der Waals surface area (Å²) in [4.78, 5) is 29.9. The molecule has 2 aromatic carbocycles. The molecule has 0 saturated carbocycles. The van der Waals surface area contributed by atoms with Crippen LogP contribution in [0.3, 0.4) is 0 Å². The summed E-state index contributed by atoms with van der Waals surface area (Å²) in [5, 5.41) is 0. The summed E-state index contributed by atoms with van der Waals surface area (Å²) in [6.07, 6.45) is 3.12. The van der Waals surface area contributed by atoms with E-state index in [1.54, 1.807) is 0 Å². The molecule has 32 heavy (non-hydrogen) atoms. The molecule has 0 spiro atoms. The molecular weight excluding hydrogens is 400 g/mol. The Morgan fingerprint density at radius 3 is 2.38 bits per heavy atom. The molecule has 4 rings (SSSR count). The lowest BCUT2D eigenvalue weighted by Gasteiger charge is -2.39. The molecule has 170 valence electrons. The zero-order valence-corrected chi connectivity index (χ0v) is 19.4. The van der Waals surface area contributed by atoms with Crippen molar-refractivity contribution >= 4 is 11.8 Å². The average molecular weight is 435 g/mol. The van der Waals surface area contributed by atoms with Gasteiger partial charge in [0.15, 0.2) is 6.10 Å². The van der Waals surface area contributed by atoms with Crippen LogP contribution >= 0.6 is 0 Å². The minimum atomic E-state index is -0.474. The van der Waals surface area contributed by atoms with Gasteiger partial charge >= 0.3 is 0 Å². The molecule has 2 atom stereocenters. The van der Waals surface area contributed by atoms with Crippen LogP contribution in [0.2, 0.25) is 0 Å². The molecule has 2 aliphatic heterocycles. The van der Waals surface area contributed by atoms with Gasteiger partial charge in [-0.3, -0.25) is 9.59 Å². The van der Waals surface area contributed by atoms with Crippen LogP contribution in [0.5, 0.6) is 5.75 Å². The highest BCUT2D eigenvalue weighted by Crippen LogP contribution is 2.38. The molecule has 2 unspecified atom stereocenters. The third kappa shape index (κ3) is 4.52. The second-order valence-corrected chi connectivity index (χ2v) is 9.16.